The molecule has 0 bridgehead atoms. The standard InChI is InChI=1S/C9H15N5O3/c10-3-1-2-8(15)11-4-5-14-6-7(9(16)17)12-13-14/h6H,1-5,10H2,(H,11,15)(H,16,17). The van der Waals surface area contributed by atoms with Gasteiger partial charge in [0.05, 0.1) is 12.7 Å². The summed E-state index contributed by atoms with van der Waals surface area (Å²) in [6.07, 6.45) is 2.36. The van der Waals surface area contributed by atoms with Crippen molar-refractivity contribution in [2.24, 2.45) is 5.73 Å². The lowest BCUT2D eigenvalue weighted by molar-refractivity contribution is -0.121. The number of carbonyl (C=O) groups excluding carboxylic acids is 1. The molecule has 8 heteroatoms. The fraction of sp³-hybridized carbons (Fsp3) is 0.556. The molecule has 0 aromatic carbocycles. The van der Waals surface area contributed by atoms with E-state index in [2.05, 4.69) is 15.6 Å². The van der Waals surface area contributed by atoms with Gasteiger partial charge in [-0.2, -0.15) is 0 Å². The third-order valence-electron chi connectivity index (χ3n) is 2.03. The van der Waals surface area contributed by atoms with Gasteiger partial charge in [0.15, 0.2) is 5.69 Å². The van der Waals surface area contributed by atoms with Gasteiger partial charge in [-0.05, 0) is 13.0 Å². The number of hydrogen-bond acceptors (Lipinski definition) is 5. The van der Waals surface area contributed by atoms with Crippen LogP contribution < -0.4 is 11.1 Å². The monoisotopic (exact) mass is 241 g/mol. The number of nitrogens with two attached hydrogens (primary N) is 1. The highest BCUT2D eigenvalue weighted by Crippen LogP contribution is 1.92. The number of carboxylic acid groups (broad SMARTS) is 1. The smallest absolute Gasteiger partial charge is 0.358 e. The van der Waals surface area contributed by atoms with Gasteiger partial charge in [-0.15, -0.1) is 5.10 Å². The number of aromatic carboxylic acids is 1. The van der Waals surface area contributed by atoms with Gasteiger partial charge in [0.1, 0.15) is 0 Å². The van der Waals surface area contributed by atoms with Crippen LogP contribution >= 0.6 is 0 Å². The first kappa shape index (κ1) is 13.1. The zero-order chi connectivity index (χ0) is 12.7. The summed E-state index contributed by atoms with van der Waals surface area (Å²) < 4.78 is 1.37. The number of carboxylic acids is 1. The van der Waals surface area contributed by atoms with E-state index < -0.39 is 5.97 Å². The number of aromatic nitrogens is 3. The van der Waals surface area contributed by atoms with E-state index in [9.17, 15) is 9.59 Å². The van der Waals surface area contributed by atoms with Gasteiger partial charge in [-0.3, -0.25) is 4.79 Å². The minimum absolute atomic E-state index is 0.0750. The molecule has 0 unspecified atom stereocenters. The molecule has 0 aliphatic heterocycles. The van der Waals surface area contributed by atoms with Crippen molar-refractivity contribution < 1.29 is 14.7 Å². The first-order valence-corrected chi connectivity index (χ1v) is 5.23. The number of nitrogens with zero attached hydrogens (tertiary/aromatic N) is 3. The molecular formula is C9H15N5O3. The average Bonchev–Trinajstić information content (AvgIpc) is 2.75. The fourth-order valence-corrected chi connectivity index (χ4v) is 1.17. The van der Waals surface area contributed by atoms with Crippen LogP contribution in [0.15, 0.2) is 6.20 Å². The van der Waals surface area contributed by atoms with Crippen LogP contribution in [0.1, 0.15) is 23.3 Å². The molecular weight excluding hydrogens is 226 g/mol. The zero-order valence-electron chi connectivity index (χ0n) is 9.30. The van der Waals surface area contributed by atoms with Gasteiger partial charge < -0.3 is 16.2 Å². The summed E-state index contributed by atoms with van der Waals surface area (Å²) in [5.41, 5.74) is 5.16. The Balaban J connectivity index is 2.26. The van der Waals surface area contributed by atoms with Crippen molar-refractivity contribution in [3.8, 4) is 0 Å². The molecule has 0 atom stereocenters. The molecule has 0 aliphatic rings. The third kappa shape index (κ3) is 4.60. The minimum atomic E-state index is -1.12. The molecule has 0 fully saturated rings. The lowest BCUT2D eigenvalue weighted by atomic mass is 10.3. The Kier molecular flexibility index (Phi) is 5.08. The molecule has 1 rings (SSSR count). The molecule has 0 spiro atoms. The van der Waals surface area contributed by atoms with Crippen molar-refractivity contribution in [2.75, 3.05) is 13.1 Å². The van der Waals surface area contributed by atoms with E-state index in [0.29, 0.717) is 32.5 Å². The topological polar surface area (TPSA) is 123 Å². The molecule has 4 N–H and O–H groups in total. The number of rotatable bonds is 7. The minimum Gasteiger partial charge on any atom is -0.476 e. The Morgan fingerprint density at radius 2 is 2.29 bits per heavy atom. The molecule has 0 saturated carbocycles. The molecule has 8 nitrogen and oxygen atoms in total. The largest absolute Gasteiger partial charge is 0.476 e. The molecule has 1 heterocycles. The Labute approximate surface area is 97.8 Å². The highest BCUT2D eigenvalue weighted by atomic mass is 16.4. The van der Waals surface area contributed by atoms with Crippen LogP contribution in [-0.4, -0.2) is 45.1 Å². The van der Waals surface area contributed by atoms with Crippen LogP contribution in [-0.2, 0) is 11.3 Å². The highest BCUT2D eigenvalue weighted by molar-refractivity contribution is 5.84. The third-order valence-corrected chi connectivity index (χ3v) is 2.03. The summed E-state index contributed by atoms with van der Waals surface area (Å²) in [7, 11) is 0. The van der Waals surface area contributed by atoms with Gasteiger partial charge in [0.2, 0.25) is 5.91 Å². The Morgan fingerprint density at radius 3 is 2.88 bits per heavy atom. The van der Waals surface area contributed by atoms with Crippen molar-refractivity contribution in [1.82, 2.24) is 20.3 Å². The lowest BCUT2D eigenvalue weighted by Crippen LogP contribution is -2.27. The first-order chi connectivity index (χ1) is 8.13. The average molecular weight is 241 g/mol. The van der Waals surface area contributed by atoms with E-state index in [1.54, 1.807) is 0 Å². The Hall–Kier alpha value is -1.96. The van der Waals surface area contributed by atoms with Gasteiger partial charge in [-0.25, -0.2) is 9.48 Å². The predicted octanol–water partition coefficient (Wildman–Crippen LogP) is -1.17. The summed E-state index contributed by atoms with van der Waals surface area (Å²) in [6.45, 7) is 1.25. The summed E-state index contributed by atoms with van der Waals surface area (Å²) in [4.78, 5) is 21.7. The quantitative estimate of drug-likeness (QED) is 0.552. The second kappa shape index (κ2) is 6.59. The van der Waals surface area contributed by atoms with Crippen molar-refractivity contribution in [3.63, 3.8) is 0 Å². The molecule has 1 aromatic rings. The Bertz CT molecular complexity index is 390. The van der Waals surface area contributed by atoms with Gasteiger partial charge in [-0.1, -0.05) is 5.21 Å². The van der Waals surface area contributed by atoms with Crippen molar-refractivity contribution in [2.45, 2.75) is 19.4 Å². The van der Waals surface area contributed by atoms with Gasteiger partial charge in [0, 0.05) is 13.0 Å². The van der Waals surface area contributed by atoms with Crippen LogP contribution in [0.2, 0.25) is 0 Å². The van der Waals surface area contributed by atoms with E-state index in [1.165, 1.54) is 10.9 Å². The number of carbonyl (C=O) groups is 2. The summed E-state index contributed by atoms with van der Waals surface area (Å²) in [6, 6.07) is 0. The molecule has 17 heavy (non-hydrogen) atoms. The zero-order valence-corrected chi connectivity index (χ0v) is 9.30. The number of amides is 1. The molecule has 1 aromatic heterocycles. The summed E-state index contributed by atoms with van der Waals surface area (Å²) in [5.74, 6) is -1.20. The molecule has 94 valence electrons. The second-order valence-corrected chi connectivity index (χ2v) is 3.41. The molecule has 0 saturated heterocycles. The SMILES string of the molecule is NCCCC(=O)NCCn1cc(C(=O)O)nn1. The summed E-state index contributed by atoms with van der Waals surface area (Å²) in [5, 5.41) is 18.3. The van der Waals surface area contributed by atoms with E-state index in [-0.39, 0.29) is 11.6 Å². The molecule has 0 radical (unpaired) electrons. The van der Waals surface area contributed by atoms with E-state index in [0.717, 1.165) is 0 Å². The van der Waals surface area contributed by atoms with Crippen molar-refractivity contribution >= 4 is 11.9 Å². The van der Waals surface area contributed by atoms with Crippen LogP contribution in [0.25, 0.3) is 0 Å². The maximum atomic E-state index is 11.2. The highest BCUT2D eigenvalue weighted by Gasteiger charge is 2.07. The first-order valence-electron chi connectivity index (χ1n) is 5.23. The lowest BCUT2D eigenvalue weighted by Gasteiger charge is -2.03. The molecule has 1 amide bonds. The van der Waals surface area contributed by atoms with Gasteiger partial charge >= 0.3 is 5.97 Å². The van der Waals surface area contributed by atoms with Crippen LogP contribution in [0, 0.1) is 0 Å². The van der Waals surface area contributed by atoms with Crippen LogP contribution in [0.4, 0.5) is 0 Å². The predicted molar refractivity (Wildman–Crippen MR) is 58.3 cm³/mol. The number of hydrogen-bond donors (Lipinski definition) is 3. The second-order valence-electron chi connectivity index (χ2n) is 3.41. The van der Waals surface area contributed by atoms with Crippen molar-refractivity contribution in [1.29, 1.82) is 0 Å². The number of nitrogens with one attached hydrogen (secondary N) is 1. The van der Waals surface area contributed by atoms with Gasteiger partial charge in [0.25, 0.3) is 0 Å². The van der Waals surface area contributed by atoms with Crippen LogP contribution in [0.3, 0.4) is 0 Å². The Morgan fingerprint density at radius 1 is 1.53 bits per heavy atom. The van der Waals surface area contributed by atoms with E-state index >= 15 is 0 Å². The van der Waals surface area contributed by atoms with Crippen LogP contribution in [0.5, 0.6) is 0 Å². The fourth-order valence-electron chi connectivity index (χ4n) is 1.17. The maximum absolute atomic E-state index is 11.2. The van der Waals surface area contributed by atoms with Crippen molar-refractivity contribution in [3.05, 3.63) is 11.9 Å². The van der Waals surface area contributed by atoms with E-state index in [4.69, 9.17) is 10.8 Å². The molecule has 0 aliphatic carbocycles. The maximum Gasteiger partial charge on any atom is 0.358 e. The summed E-state index contributed by atoms with van der Waals surface area (Å²) >= 11 is 0. The van der Waals surface area contributed by atoms with E-state index in [1.807, 2.05) is 0 Å². The normalized spacial score (nSPS) is 10.2.